The van der Waals surface area contributed by atoms with Gasteiger partial charge in [-0.25, -0.2) is 24.1 Å². The third-order valence-electron chi connectivity index (χ3n) is 9.72. The van der Waals surface area contributed by atoms with E-state index in [0.29, 0.717) is 48.0 Å². The SMILES string of the molecule is CC(C)(C)OC(=O)N1C[C@@H](CCCn2nnnc2CNc2cccc(SNC(=O)c3ccc(-n4ccc(OCCC5(C(F)(F)F)CC5)n4)nc3Cl)n2)CC1(C)C. The van der Waals surface area contributed by atoms with Crippen molar-refractivity contribution in [1.82, 2.24) is 49.6 Å². The minimum absolute atomic E-state index is 0.0737. The van der Waals surface area contributed by atoms with Gasteiger partial charge in [-0.1, -0.05) is 17.7 Å². The number of carbonyl (C=O) groups excluding carboxylic acids is 2. The summed E-state index contributed by atoms with van der Waals surface area (Å²) in [5.41, 5.74) is -2.36. The third-order valence-corrected chi connectivity index (χ3v) is 10.7. The van der Waals surface area contributed by atoms with Gasteiger partial charge >= 0.3 is 12.3 Å². The van der Waals surface area contributed by atoms with Crippen LogP contribution < -0.4 is 14.8 Å². The van der Waals surface area contributed by atoms with Gasteiger partial charge in [0.25, 0.3) is 5.91 Å². The molecule has 6 rings (SSSR count). The molecule has 2 N–H and O–H groups in total. The Morgan fingerprint density at radius 3 is 2.59 bits per heavy atom. The summed E-state index contributed by atoms with van der Waals surface area (Å²) in [6, 6.07) is 9.86. The fourth-order valence-corrected chi connectivity index (χ4v) is 7.41. The van der Waals surface area contributed by atoms with Crippen LogP contribution in [0, 0.1) is 11.3 Å². The van der Waals surface area contributed by atoms with Crippen molar-refractivity contribution in [1.29, 1.82) is 0 Å². The smallest absolute Gasteiger partial charge is 0.410 e. The summed E-state index contributed by atoms with van der Waals surface area (Å²) in [5.74, 6) is 1.47. The quantitative estimate of drug-likeness (QED) is 0.0911. The van der Waals surface area contributed by atoms with Crippen LogP contribution in [0.2, 0.25) is 5.15 Å². The zero-order valence-electron chi connectivity index (χ0n) is 31.8. The Balaban J connectivity index is 0.946. The van der Waals surface area contributed by atoms with Crippen LogP contribution in [0.1, 0.15) is 89.3 Å². The van der Waals surface area contributed by atoms with E-state index in [2.05, 4.69) is 54.5 Å². The molecule has 0 radical (unpaired) electrons. The first-order valence-electron chi connectivity index (χ1n) is 18.3. The van der Waals surface area contributed by atoms with Gasteiger partial charge in [0.2, 0.25) is 5.88 Å². The summed E-state index contributed by atoms with van der Waals surface area (Å²) in [6.07, 6.45) is -0.252. The molecule has 2 aliphatic rings. The minimum Gasteiger partial charge on any atom is -0.477 e. The first-order valence-corrected chi connectivity index (χ1v) is 19.5. The van der Waals surface area contributed by atoms with E-state index in [9.17, 15) is 22.8 Å². The Hall–Kier alpha value is -4.65. The number of alkyl halides is 3. The fraction of sp³-hybridized carbons (Fsp3) is 0.556. The number of rotatable bonds is 15. The molecule has 20 heteroatoms. The van der Waals surface area contributed by atoms with Crippen LogP contribution in [-0.4, -0.2) is 87.3 Å². The summed E-state index contributed by atoms with van der Waals surface area (Å²) in [5, 5.41) is 20.1. The van der Waals surface area contributed by atoms with E-state index >= 15 is 0 Å². The maximum atomic E-state index is 13.2. The Labute approximate surface area is 331 Å². The fourth-order valence-electron chi connectivity index (χ4n) is 6.58. The number of amides is 2. The van der Waals surface area contributed by atoms with Crippen LogP contribution in [0.25, 0.3) is 5.82 Å². The molecule has 4 aromatic heterocycles. The molecule has 5 heterocycles. The molecule has 15 nitrogen and oxygen atoms in total. The molecular weight excluding hydrogens is 775 g/mol. The topological polar surface area (TPSA) is 167 Å². The number of nitrogens with zero attached hydrogens (tertiary/aromatic N) is 9. The maximum Gasteiger partial charge on any atom is 0.410 e. The molecule has 2 amide bonds. The molecule has 1 atom stereocenters. The Morgan fingerprint density at radius 2 is 1.88 bits per heavy atom. The highest BCUT2D eigenvalue weighted by Crippen LogP contribution is 2.59. The number of pyridine rings is 2. The Kier molecular flexibility index (Phi) is 12.0. The second-order valence-corrected chi connectivity index (χ2v) is 16.8. The lowest BCUT2D eigenvalue weighted by molar-refractivity contribution is -0.190. The van der Waals surface area contributed by atoms with Gasteiger partial charge in [0.1, 0.15) is 21.6 Å². The number of anilines is 1. The summed E-state index contributed by atoms with van der Waals surface area (Å²) in [7, 11) is 0. The van der Waals surface area contributed by atoms with Crippen molar-refractivity contribution in [2.24, 2.45) is 11.3 Å². The van der Waals surface area contributed by atoms with Crippen molar-refractivity contribution < 1.29 is 32.2 Å². The van der Waals surface area contributed by atoms with Crippen LogP contribution in [0.5, 0.6) is 5.88 Å². The molecule has 0 spiro atoms. The third kappa shape index (κ3) is 10.2. The van der Waals surface area contributed by atoms with Crippen molar-refractivity contribution in [3.05, 3.63) is 59.1 Å². The average Bonchev–Trinajstić information content (AvgIpc) is 3.40. The van der Waals surface area contributed by atoms with Crippen LogP contribution in [-0.2, 0) is 17.8 Å². The molecule has 1 aliphatic carbocycles. The normalized spacial score (nSPS) is 17.4. The molecular formula is C36H45ClF3N11O4S. The lowest BCUT2D eigenvalue weighted by Gasteiger charge is -2.33. The predicted octanol–water partition coefficient (Wildman–Crippen LogP) is 7.28. The summed E-state index contributed by atoms with van der Waals surface area (Å²) in [4.78, 5) is 36.4. The van der Waals surface area contributed by atoms with E-state index in [1.165, 1.54) is 29.1 Å². The number of hydrogen-bond acceptors (Lipinski definition) is 12. The van der Waals surface area contributed by atoms with Gasteiger partial charge in [0, 0.05) is 42.8 Å². The van der Waals surface area contributed by atoms with E-state index in [4.69, 9.17) is 21.1 Å². The van der Waals surface area contributed by atoms with Crippen LogP contribution in [0.15, 0.2) is 47.6 Å². The van der Waals surface area contributed by atoms with Crippen LogP contribution in [0.3, 0.4) is 0 Å². The zero-order chi connectivity index (χ0) is 40.3. The van der Waals surface area contributed by atoms with E-state index in [0.717, 1.165) is 31.2 Å². The second kappa shape index (κ2) is 16.4. The molecule has 1 aliphatic heterocycles. The number of hydrogen-bond donors (Lipinski definition) is 2. The van der Waals surface area contributed by atoms with Gasteiger partial charge in [-0.05, 0) is 114 Å². The average molecular weight is 820 g/mol. The molecule has 1 saturated carbocycles. The zero-order valence-corrected chi connectivity index (χ0v) is 33.3. The first-order chi connectivity index (χ1) is 26.4. The Bertz CT molecular complexity index is 2020. The van der Waals surface area contributed by atoms with E-state index < -0.39 is 23.1 Å². The molecule has 0 bridgehead atoms. The minimum atomic E-state index is -4.24. The van der Waals surface area contributed by atoms with Crippen molar-refractivity contribution in [3.63, 3.8) is 0 Å². The van der Waals surface area contributed by atoms with E-state index in [1.807, 2.05) is 25.7 Å². The van der Waals surface area contributed by atoms with Crippen molar-refractivity contribution in [2.45, 2.75) is 109 Å². The molecule has 302 valence electrons. The van der Waals surface area contributed by atoms with Crippen molar-refractivity contribution >= 4 is 41.4 Å². The van der Waals surface area contributed by atoms with Gasteiger partial charge < -0.3 is 19.7 Å². The van der Waals surface area contributed by atoms with E-state index in [1.54, 1.807) is 22.9 Å². The first kappa shape index (κ1) is 41.0. The molecule has 0 aromatic carbocycles. The second-order valence-electron chi connectivity index (χ2n) is 15.7. The molecule has 56 heavy (non-hydrogen) atoms. The maximum absolute atomic E-state index is 13.2. The summed E-state index contributed by atoms with van der Waals surface area (Å²) < 4.78 is 56.5. The highest BCUT2D eigenvalue weighted by molar-refractivity contribution is 7.97. The largest absolute Gasteiger partial charge is 0.477 e. The number of tetrazole rings is 1. The van der Waals surface area contributed by atoms with Crippen molar-refractivity contribution in [2.75, 3.05) is 18.5 Å². The van der Waals surface area contributed by atoms with Gasteiger partial charge in [-0.2, -0.15) is 13.2 Å². The predicted molar refractivity (Wildman–Crippen MR) is 201 cm³/mol. The number of likely N-dealkylation sites (tertiary alicyclic amines) is 1. The Morgan fingerprint density at radius 1 is 1.09 bits per heavy atom. The van der Waals surface area contributed by atoms with Gasteiger partial charge in [0.15, 0.2) is 11.6 Å². The standard InChI is InChI=1S/C36H45ClF3N11O4S/c1-33(2,3)55-32(53)49-22-23(20-34(49,4)5)8-7-17-51-27(44-47-48-51)21-41-25-9-6-10-29(42-25)56-46-31(52)24-11-12-26(43-30(24)37)50-18-13-28(45-50)54-19-16-35(14-15-35)36(38,39)40/h6,9-13,18,23H,7-8,14-17,19-22H2,1-5H3,(H,41,42)(H,46,52)/t23-/m0/s1. The molecule has 0 unspecified atom stereocenters. The van der Waals surface area contributed by atoms with Gasteiger partial charge in [0.05, 0.1) is 24.1 Å². The number of halogens is 4. The highest BCUT2D eigenvalue weighted by atomic mass is 35.5. The lowest BCUT2D eigenvalue weighted by atomic mass is 9.93. The number of ether oxygens (including phenoxy) is 2. The monoisotopic (exact) mass is 819 g/mol. The highest BCUT2D eigenvalue weighted by Gasteiger charge is 2.62. The molecule has 2 fully saturated rings. The summed E-state index contributed by atoms with van der Waals surface area (Å²) in [6.45, 7) is 11.2. The van der Waals surface area contributed by atoms with Crippen molar-refractivity contribution in [3.8, 4) is 11.7 Å². The number of aryl methyl sites for hydroxylation is 1. The lowest BCUT2D eigenvalue weighted by Crippen LogP contribution is -2.45. The number of carbonyl (C=O) groups is 2. The van der Waals surface area contributed by atoms with Gasteiger partial charge in [-0.3, -0.25) is 9.52 Å². The van der Waals surface area contributed by atoms with Crippen LogP contribution >= 0.6 is 23.5 Å². The summed E-state index contributed by atoms with van der Waals surface area (Å²) >= 11 is 7.36. The van der Waals surface area contributed by atoms with E-state index in [-0.39, 0.29) is 54.1 Å². The van der Waals surface area contributed by atoms with Gasteiger partial charge in [-0.15, -0.1) is 10.2 Å². The number of nitrogens with one attached hydrogen (secondary N) is 2. The number of aromatic nitrogens is 8. The van der Waals surface area contributed by atoms with Crippen LogP contribution in [0.4, 0.5) is 23.8 Å². The molecule has 4 aromatic rings. The molecule has 1 saturated heterocycles.